The van der Waals surface area contributed by atoms with E-state index in [1.54, 1.807) is 60.7 Å². The van der Waals surface area contributed by atoms with Crippen LogP contribution in [0.25, 0.3) is 21.5 Å². The van der Waals surface area contributed by atoms with Crippen LogP contribution < -0.4 is 69.3 Å². The molecule has 0 radical (unpaired) electrons. The van der Waals surface area contributed by atoms with Gasteiger partial charge in [0, 0.05) is 11.1 Å². The van der Waals surface area contributed by atoms with Gasteiger partial charge in [-0.3, -0.25) is 9.11 Å². The van der Waals surface area contributed by atoms with Gasteiger partial charge >= 0.3 is 59.1 Å². The first kappa shape index (κ1) is 45.7. The summed E-state index contributed by atoms with van der Waals surface area (Å²) in [6.45, 7) is 0. The summed E-state index contributed by atoms with van der Waals surface area (Å²) in [5.74, 6) is -2.57. The van der Waals surface area contributed by atoms with Crippen LogP contribution in [0.2, 0.25) is 0 Å². The van der Waals surface area contributed by atoms with E-state index in [9.17, 15) is 46.4 Å². The normalized spacial score (nSPS) is 12.5. The summed E-state index contributed by atoms with van der Waals surface area (Å²) in [6.07, 6.45) is 0. The van der Waals surface area contributed by atoms with Gasteiger partial charge in [-0.1, -0.05) is 60.0 Å². The Labute approximate surface area is 386 Å². The van der Waals surface area contributed by atoms with Crippen molar-refractivity contribution in [2.75, 3.05) is 0 Å². The fourth-order valence-corrected chi connectivity index (χ4v) is 7.03. The van der Waals surface area contributed by atoms with Crippen molar-refractivity contribution in [2.24, 2.45) is 30.4 Å². The molecular weight excluding hydrogens is 835 g/mol. The molecule has 0 spiro atoms. The topological polar surface area (TPSA) is 269 Å². The molecule has 0 aromatic heterocycles. The number of aliphatic imine (C=N–C) groups is 2. The second-order valence-electron chi connectivity index (χ2n) is 12.4. The van der Waals surface area contributed by atoms with Gasteiger partial charge in [0.1, 0.15) is 9.79 Å². The number of hydrogen-bond acceptors (Lipinski definition) is 12. The Morgan fingerprint density at radius 3 is 1.13 bits per heavy atom. The molecule has 20 heteroatoms. The fourth-order valence-electron chi connectivity index (χ4n) is 5.72. The third-order valence-corrected chi connectivity index (χ3v) is 10.2. The summed E-state index contributed by atoms with van der Waals surface area (Å²) in [5.41, 5.74) is 0.182. The van der Waals surface area contributed by atoms with Crippen LogP contribution in [0.1, 0.15) is 11.1 Å². The first-order valence-corrected chi connectivity index (χ1v) is 19.6. The second kappa shape index (κ2) is 18.9. The molecule has 0 aliphatic rings. The van der Waals surface area contributed by atoms with Gasteiger partial charge in [-0.2, -0.15) is 27.1 Å². The van der Waals surface area contributed by atoms with Crippen molar-refractivity contribution in [3.63, 3.8) is 0 Å². The monoisotopic (exact) mass is 860 g/mol. The molecule has 7 rings (SSSR count). The number of aliphatic hydroxyl groups excluding tert-OH is 2. The summed E-state index contributed by atoms with van der Waals surface area (Å²) < 4.78 is 68.8. The number of azo groups is 2. The molecule has 0 amide bonds. The van der Waals surface area contributed by atoms with E-state index in [1.165, 1.54) is 60.7 Å². The van der Waals surface area contributed by atoms with Crippen LogP contribution in [-0.4, -0.2) is 47.9 Å². The van der Waals surface area contributed by atoms with Crippen molar-refractivity contribution in [3.8, 4) is 11.5 Å². The summed E-state index contributed by atoms with van der Waals surface area (Å²) in [4.78, 5) is 6.80. The predicted octanol–water partition coefficient (Wildman–Crippen LogP) is 2.75. The molecule has 0 aliphatic heterocycles. The molecule has 0 fully saturated rings. The second-order valence-corrected chi connectivity index (χ2v) is 15.2. The third kappa shape index (κ3) is 10.3. The standard InChI is InChI=1S/C40H28N6O10S2.2Na/c47-37-31-17-15-29(19-25(31)21-33(57(51,52)53)35(37)45-43-27-7-3-1-4-8-27)41-39(49)23-11-13-24(14-12-23)40(50)42-30-16-18-32-26(20-30)22-34(58(54,55)56)36(38(32)48)46-44-28-9-5-2-6-10-28;;/h1-22,47-48H,(H,41,49)(H,42,50)(H,51,52,53)(H,54,55,56);;/q;2*+1/p-2. The van der Waals surface area contributed by atoms with Gasteiger partial charge in [0.2, 0.25) is 11.8 Å². The van der Waals surface area contributed by atoms with Gasteiger partial charge in [0.05, 0.1) is 34.1 Å². The molecule has 0 aliphatic carbocycles. The smallest absolute Gasteiger partial charge is 0.871 e. The van der Waals surface area contributed by atoms with Crippen molar-refractivity contribution in [2.45, 2.75) is 9.79 Å². The van der Waals surface area contributed by atoms with Gasteiger partial charge in [0.25, 0.3) is 20.2 Å². The van der Waals surface area contributed by atoms with Crippen molar-refractivity contribution in [3.05, 3.63) is 145 Å². The van der Waals surface area contributed by atoms with Crippen molar-refractivity contribution in [1.82, 2.24) is 0 Å². The minimum Gasteiger partial charge on any atom is -0.871 e. The van der Waals surface area contributed by atoms with Gasteiger partial charge in [0.15, 0.2) is 0 Å². The van der Waals surface area contributed by atoms with Crippen molar-refractivity contribution in [1.29, 1.82) is 0 Å². The van der Waals surface area contributed by atoms with Crippen LogP contribution >= 0.6 is 0 Å². The first-order chi connectivity index (χ1) is 27.7. The number of benzene rings is 7. The molecule has 0 unspecified atom stereocenters. The number of rotatable bonds is 10. The Balaban J connectivity index is 0.00000341. The first-order valence-electron chi connectivity index (χ1n) is 16.8. The zero-order valence-electron chi connectivity index (χ0n) is 31.4. The van der Waals surface area contributed by atoms with Gasteiger partial charge in [-0.05, 0) is 106 Å². The summed E-state index contributed by atoms with van der Waals surface area (Å²) in [6, 6.07) is 32.5. The van der Waals surface area contributed by atoms with E-state index in [4.69, 9.17) is 0 Å². The van der Waals surface area contributed by atoms with Gasteiger partial charge in [-0.25, -0.2) is 9.98 Å². The minimum atomic E-state index is -4.91. The summed E-state index contributed by atoms with van der Waals surface area (Å²) in [7, 11) is -9.82. The van der Waals surface area contributed by atoms with Crippen LogP contribution in [0.5, 0.6) is 11.5 Å². The Bertz CT molecular complexity index is 2890. The van der Waals surface area contributed by atoms with Crippen LogP contribution in [0, 0.1) is 0 Å². The van der Waals surface area contributed by atoms with E-state index in [1.807, 2.05) is 0 Å². The maximum Gasteiger partial charge on any atom is 1.00 e. The van der Waals surface area contributed by atoms with Gasteiger partial charge in [-0.15, -0.1) is 10.2 Å². The Morgan fingerprint density at radius 2 is 0.800 bits per heavy atom. The third-order valence-electron chi connectivity index (χ3n) is 8.50. The molecule has 0 atom stereocenters. The van der Waals surface area contributed by atoms with E-state index >= 15 is 0 Å². The van der Waals surface area contributed by atoms with E-state index in [0.29, 0.717) is 11.4 Å². The molecule has 0 bridgehead atoms. The average Bonchev–Trinajstić information content (AvgIpc) is 3.20. The van der Waals surface area contributed by atoms with E-state index < -0.39 is 64.7 Å². The fraction of sp³-hybridized carbons (Fsp3) is 0. The molecule has 16 nitrogen and oxygen atoms in total. The molecule has 4 N–H and O–H groups in total. The number of hydrogen-bond donors (Lipinski definition) is 4. The zero-order chi connectivity index (χ0) is 41.2. The average molecular weight is 861 g/mol. The van der Waals surface area contributed by atoms with E-state index in [2.05, 4.69) is 30.4 Å². The number of fused-ring (bicyclic) bond motifs is 2. The number of nitrogens with zero attached hydrogens (tertiary/aromatic N) is 6. The Morgan fingerprint density at radius 1 is 0.450 bits per heavy atom. The predicted molar refractivity (Wildman–Crippen MR) is 212 cm³/mol. The molecule has 7 aromatic rings. The van der Waals surface area contributed by atoms with Crippen LogP contribution in [0.15, 0.2) is 174 Å². The minimum absolute atomic E-state index is 0. The molecule has 60 heavy (non-hydrogen) atoms. The van der Waals surface area contributed by atoms with Crippen molar-refractivity contribution >= 4 is 87.7 Å². The zero-order valence-corrected chi connectivity index (χ0v) is 37.1. The number of aliphatic hydroxyl groups is 2. The Kier molecular flexibility index (Phi) is 14.4. The van der Waals surface area contributed by atoms with Crippen LogP contribution in [-0.2, 0) is 20.2 Å². The quantitative estimate of drug-likeness (QED) is 0.0513. The molecule has 7 aromatic carbocycles. The maximum atomic E-state index is 13.3. The SMILES string of the molecule is O=S(=O)(O)c1cc2cc(N=C(O)c3ccc(C(O)=Nc4ccc5c([O-])c(N=Nc6ccccc6)c(S(=O)(=O)O)cc5c4)cc3)ccc2c([O-])c1N=Nc1ccccc1.[Na+].[Na+]. The largest absolute Gasteiger partial charge is 1.00 e. The Hall–Kier alpha value is -5.38. The molecule has 0 saturated carbocycles. The van der Waals surface area contributed by atoms with E-state index in [-0.39, 0.29) is 103 Å². The molecule has 0 heterocycles. The summed E-state index contributed by atoms with van der Waals surface area (Å²) in [5, 5.41) is 64.0. The van der Waals surface area contributed by atoms with Crippen LogP contribution in [0.4, 0.5) is 34.1 Å². The van der Waals surface area contributed by atoms with E-state index in [0.717, 1.165) is 12.1 Å². The molecule has 290 valence electrons. The van der Waals surface area contributed by atoms with Crippen molar-refractivity contribution < 1.29 is 105 Å². The molecular formula is C40H26N6Na2O10S2. The van der Waals surface area contributed by atoms with Crippen LogP contribution in [0.3, 0.4) is 0 Å². The maximum absolute atomic E-state index is 13.3. The molecule has 0 saturated heterocycles. The van der Waals surface area contributed by atoms with Gasteiger partial charge < -0.3 is 20.4 Å². The summed E-state index contributed by atoms with van der Waals surface area (Å²) >= 11 is 0.